The van der Waals surface area contributed by atoms with Gasteiger partial charge in [-0.3, -0.25) is 4.55 Å². The van der Waals surface area contributed by atoms with E-state index in [0.29, 0.717) is 0 Å². The van der Waals surface area contributed by atoms with Crippen molar-refractivity contribution in [3.05, 3.63) is 89.5 Å². The van der Waals surface area contributed by atoms with Gasteiger partial charge in [0.2, 0.25) is 0 Å². The summed E-state index contributed by atoms with van der Waals surface area (Å²) in [7, 11) is 3.79. The van der Waals surface area contributed by atoms with E-state index in [1.54, 1.807) is 12.1 Å². The summed E-state index contributed by atoms with van der Waals surface area (Å²) in [5, 5.41) is 0. The SMILES string of the molecule is CN(C)c1ccc(C(c2ccc(N(C)C)cc2)c2ccc(S(=O)(=O)O)cc2)cc1.[H-].[K+]. The number of benzene rings is 3. The largest absolute Gasteiger partial charge is 1.00 e. The predicted molar refractivity (Wildman–Crippen MR) is 120 cm³/mol. The van der Waals surface area contributed by atoms with Crippen molar-refractivity contribution in [3.8, 4) is 0 Å². The number of rotatable bonds is 6. The van der Waals surface area contributed by atoms with Crippen LogP contribution in [-0.4, -0.2) is 41.2 Å². The first-order valence-corrected chi connectivity index (χ1v) is 10.7. The first-order chi connectivity index (χ1) is 13.7. The van der Waals surface area contributed by atoms with Crippen LogP contribution in [0.5, 0.6) is 0 Å². The van der Waals surface area contributed by atoms with E-state index >= 15 is 0 Å². The molecule has 0 aliphatic carbocycles. The number of hydrogen-bond acceptors (Lipinski definition) is 4. The Morgan fingerprint density at radius 2 is 0.967 bits per heavy atom. The summed E-state index contributed by atoms with van der Waals surface area (Å²) in [6.45, 7) is 0. The van der Waals surface area contributed by atoms with Crippen molar-refractivity contribution in [2.45, 2.75) is 10.8 Å². The van der Waals surface area contributed by atoms with E-state index in [-0.39, 0.29) is 63.6 Å². The fourth-order valence-corrected chi connectivity index (χ4v) is 3.82. The summed E-state index contributed by atoms with van der Waals surface area (Å²) < 4.78 is 32.1. The molecule has 0 spiro atoms. The molecule has 0 radical (unpaired) electrons. The minimum atomic E-state index is -4.22. The number of nitrogens with zero attached hydrogens (tertiary/aromatic N) is 2. The van der Waals surface area contributed by atoms with Gasteiger partial charge in [-0.2, -0.15) is 8.42 Å². The molecule has 154 valence electrons. The average molecular weight is 451 g/mol. The fourth-order valence-electron chi connectivity index (χ4n) is 3.34. The Morgan fingerprint density at radius 3 is 1.23 bits per heavy atom. The molecule has 0 amide bonds. The molecule has 0 aliphatic rings. The van der Waals surface area contributed by atoms with Crippen molar-refractivity contribution in [1.82, 2.24) is 0 Å². The van der Waals surface area contributed by atoms with Crippen LogP contribution in [0.4, 0.5) is 11.4 Å². The summed E-state index contributed by atoms with van der Waals surface area (Å²) >= 11 is 0. The van der Waals surface area contributed by atoms with Gasteiger partial charge in [-0.25, -0.2) is 0 Å². The third-order valence-electron chi connectivity index (χ3n) is 5.00. The van der Waals surface area contributed by atoms with Crippen LogP contribution in [0.15, 0.2) is 77.7 Å². The van der Waals surface area contributed by atoms with Crippen molar-refractivity contribution < 1.29 is 65.8 Å². The second-order valence-electron chi connectivity index (χ2n) is 7.45. The molecule has 3 aromatic rings. The van der Waals surface area contributed by atoms with Crippen LogP contribution in [0.1, 0.15) is 24.0 Å². The molecule has 1 N–H and O–H groups in total. The molecule has 0 atom stereocenters. The molecule has 0 unspecified atom stereocenters. The second-order valence-corrected chi connectivity index (χ2v) is 8.87. The summed E-state index contributed by atoms with van der Waals surface area (Å²) in [4.78, 5) is 3.99. The molecule has 7 heteroatoms. The Kier molecular flexibility index (Phi) is 8.70. The molecule has 3 rings (SSSR count). The quantitative estimate of drug-likeness (QED) is 0.349. The molecule has 3 aromatic carbocycles. The van der Waals surface area contributed by atoms with Gasteiger partial charge in [-0.05, 0) is 53.1 Å². The van der Waals surface area contributed by atoms with E-state index in [9.17, 15) is 13.0 Å². The fraction of sp³-hybridized carbons (Fsp3) is 0.217. The summed E-state index contributed by atoms with van der Waals surface area (Å²) in [6, 6.07) is 23.1. The predicted octanol–water partition coefficient (Wildman–Crippen LogP) is 1.36. The Morgan fingerprint density at radius 1 is 0.667 bits per heavy atom. The molecule has 0 aliphatic heterocycles. The minimum Gasteiger partial charge on any atom is -1.00 e. The summed E-state index contributed by atoms with van der Waals surface area (Å²) in [6.07, 6.45) is 0. The molecule has 0 saturated heterocycles. The van der Waals surface area contributed by atoms with Gasteiger partial charge in [0, 0.05) is 45.5 Å². The van der Waals surface area contributed by atoms with Gasteiger partial charge in [-0.1, -0.05) is 36.4 Å². The third kappa shape index (κ3) is 5.94. The van der Waals surface area contributed by atoms with Crippen LogP contribution in [-0.2, 0) is 10.1 Å². The zero-order chi connectivity index (χ0) is 21.2. The number of anilines is 2. The normalized spacial score (nSPS) is 11.1. The smallest absolute Gasteiger partial charge is 1.00 e. The Bertz CT molecular complexity index is 1020. The van der Waals surface area contributed by atoms with Crippen LogP contribution in [0.25, 0.3) is 0 Å². The van der Waals surface area contributed by atoms with Gasteiger partial charge >= 0.3 is 51.4 Å². The van der Waals surface area contributed by atoms with Gasteiger partial charge in [0.05, 0.1) is 4.90 Å². The zero-order valence-corrected chi connectivity index (χ0v) is 22.0. The average Bonchev–Trinajstić information content (AvgIpc) is 2.69. The molecule has 30 heavy (non-hydrogen) atoms. The van der Waals surface area contributed by atoms with Crippen molar-refractivity contribution in [2.75, 3.05) is 38.0 Å². The minimum absolute atomic E-state index is 0. The Labute approximate surface area is 223 Å². The van der Waals surface area contributed by atoms with Gasteiger partial charge < -0.3 is 11.2 Å². The van der Waals surface area contributed by atoms with Crippen LogP contribution in [0.3, 0.4) is 0 Å². The van der Waals surface area contributed by atoms with Crippen LogP contribution in [0.2, 0.25) is 0 Å². The topological polar surface area (TPSA) is 60.9 Å². The number of hydrogen-bond donors (Lipinski definition) is 1. The molecular formula is C23H27KN2O3S. The molecule has 0 saturated carbocycles. The molecule has 0 bridgehead atoms. The third-order valence-corrected chi connectivity index (χ3v) is 5.86. The van der Waals surface area contributed by atoms with Gasteiger partial charge in [0.15, 0.2) is 0 Å². The summed E-state index contributed by atoms with van der Waals surface area (Å²) in [5.41, 5.74) is 5.38. The van der Waals surface area contributed by atoms with Crippen molar-refractivity contribution >= 4 is 21.5 Å². The molecular weight excluding hydrogens is 423 g/mol. The maximum absolute atomic E-state index is 11.4. The monoisotopic (exact) mass is 450 g/mol. The van der Waals surface area contributed by atoms with E-state index in [4.69, 9.17) is 0 Å². The van der Waals surface area contributed by atoms with Crippen molar-refractivity contribution in [1.29, 1.82) is 0 Å². The van der Waals surface area contributed by atoms with Gasteiger partial charge in [-0.15, -0.1) is 0 Å². The first-order valence-electron chi connectivity index (χ1n) is 9.29. The van der Waals surface area contributed by atoms with Crippen LogP contribution >= 0.6 is 0 Å². The van der Waals surface area contributed by atoms with Gasteiger partial charge in [0.25, 0.3) is 10.1 Å². The second kappa shape index (κ2) is 10.4. The van der Waals surface area contributed by atoms with E-state index < -0.39 is 10.1 Å². The van der Waals surface area contributed by atoms with E-state index in [1.165, 1.54) is 12.1 Å². The molecule has 5 nitrogen and oxygen atoms in total. The molecule has 0 heterocycles. The maximum atomic E-state index is 11.4. The Hall–Kier alpha value is -1.19. The molecule has 0 aromatic heterocycles. The molecule has 0 fully saturated rings. The first kappa shape index (κ1) is 25.1. The van der Waals surface area contributed by atoms with E-state index in [0.717, 1.165) is 28.1 Å². The van der Waals surface area contributed by atoms with E-state index in [2.05, 4.69) is 48.5 Å². The van der Waals surface area contributed by atoms with Crippen molar-refractivity contribution in [2.24, 2.45) is 0 Å². The van der Waals surface area contributed by atoms with Crippen molar-refractivity contribution in [3.63, 3.8) is 0 Å². The van der Waals surface area contributed by atoms with Gasteiger partial charge in [0.1, 0.15) is 0 Å². The summed E-state index contributed by atoms with van der Waals surface area (Å²) in [5.74, 6) is -0.0575. The Balaban J connectivity index is 0.00000240. The maximum Gasteiger partial charge on any atom is 1.00 e. The standard InChI is InChI=1S/C23H26N2O3S.K.H/c1-24(2)20-11-5-17(6-12-20)23(18-7-13-21(14-8-18)25(3)4)19-9-15-22(16-10-19)29(26,27)28;;/h5-16,23H,1-4H3,(H,26,27,28);;/q;+1;-1. The van der Waals surface area contributed by atoms with E-state index in [1.807, 2.05) is 38.0 Å². The van der Waals surface area contributed by atoms with Crippen LogP contribution < -0.4 is 61.2 Å². The zero-order valence-electron chi connectivity index (χ0n) is 19.1. The van der Waals surface area contributed by atoms with Crippen LogP contribution in [0, 0.1) is 0 Å².